The van der Waals surface area contributed by atoms with Crippen molar-refractivity contribution in [3.8, 4) is 0 Å². The Kier molecular flexibility index (Phi) is 4.61. The molecule has 2 nitrogen and oxygen atoms in total. The van der Waals surface area contributed by atoms with Crippen molar-refractivity contribution in [3.63, 3.8) is 0 Å². The molecule has 0 saturated heterocycles. The number of thiazole rings is 1. The van der Waals surface area contributed by atoms with Gasteiger partial charge in [-0.05, 0) is 40.2 Å². The van der Waals surface area contributed by atoms with E-state index in [9.17, 15) is 0 Å². The molecule has 0 aliphatic heterocycles. The van der Waals surface area contributed by atoms with E-state index in [1.165, 1.54) is 21.0 Å². The fraction of sp³-hybridized carbons (Fsp3) is 0.471. The summed E-state index contributed by atoms with van der Waals surface area (Å²) in [6, 6.07) is 8.67. The van der Waals surface area contributed by atoms with Crippen molar-refractivity contribution in [2.24, 2.45) is 0 Å². The van der Waals surface area contributed by atoms with Gasteiger partial charge in [0.2, 0.25) is 0 Å². The summed E-state index contributed by atoms with van der Waals surface area (Å²) in [5, 5.41) is 4.74. The fourth-order valence-electron chi connectivity index (χ4n) is 2.07. The van der Waals surface area contributed by atoms with Crippen LogP contribution in [0.4, 0.5) is 0 Å². The van der Waals surface area contributed by atoms with Crippen molar-refractivity contribution < 1.29 is 0 Å². The molecule has 1 heterocycles. The summed E-state index contributed by atoms with van der Waals surface area (Å²) in [7, 11) is 0. The minimum Gasteiger partial charge on any atom is -0.307 e. The first-order chi connectivity index (χ1) is 9.33. The molecular weight excluding hydrogens is 264 g/mol. The summed E-state index contributed by atoms with van der Waals surface area (Å²) in [5.74, 6) is 0. The zero-order valence-electron chi connectivity index (χ0n) is 13.1. The predicted octanol–water partition coefficient (Wildman–Crippen LogP) is 4.24. The maximum atomic E-state index is 4.71. The molecule has 0 spiro atoms. The van der Waals surface area contributed by atoms with E-state index in [2.05, 4.69) is 64.2 Å². The van der Waals surface area contributed by atoms with Gasteiger partial charge in [-0.25, -0.2) is 4.98 Å². The van der Waals surface area contributed by atoms with E-state index in [-0.39, 0.29) is 5.54 Å². The molecule has 1 aromatic carbocycles. The topological polar surface area (TPSA) is 24.9 Å². The molecule has 1 aromatic heterocycles. The van der Waals surface area contributed by atoms with Gasteiger partial charge in [0, 0.05) is 23.4 Å². The van der Waals surface area contributed by atoms with Crippen molar-refractivity contribution in [1.82, 2.24) is 10.3 Å². The molecule has 1 N–H and O–H groups in total. The Labute approximate surface area is 126 Å². The Morgan fingerprint density at radius 1 is 1.20 bits per heavy atom. The Balaban J connectivity index is 2.07. The summed E-state index contributed by atoms with van der Waals surface area (Å²) in [4.78, 5) is 6.06. The van der Waals surface area contributed by atoms with E-state index in [0.717, 1.165) is 18.7 Å². The SMILES string of the molecule is Cc1cccc(Cc2nc(C)c(CNC(C)(C)C)s2)c1. The minimum absolute atomic E-state index is 0.146. The molecule has 0 fully saturated rings. The summed E-state index contributed by atoms with van der Waals surface area (Å²) in [6.45, 7) is 11.7. The van der Waals surface area contributed by atoms with E-state index in [1.54, 1.807) is 0 Å². The molecule has 0 aliphatic carbocycles. The number of hydrogen-bond donors (Lipinski definition) is 1. The van der Waals surface area contributed by atoms with E-state index >= 15 is 0 Å². The number of aromatic nitrogens is 1. The standard InChI is InChI=1S/C17H24N2S/c1-12-7-6-8-14(9-12)10-16-19-13(2)15(20-16)11-18-17(3,4)5/h6-9,18H,10-11H2,1-5H3. The van der Waals surface area contributed by atoms with Crippen LogP contribution in [0.25, 0.3) is 0 Å². The second kappa shape index (κ2) is 6.06. The van der Waals surface area contributed by atoms with Crippen molar-refractivity contribution in [1.29, 1.82) is 0 Å². The van der Waals surface area contributed by atoms with Crippen LogP contribution in [0.5, 0.6) is 0 Å². The molecule has 0 radical (unpaired) electrons. The third kappa shape index (κ3) is 4.43. The normalized spacial score (nSPS) is 11.8. The number of nitrogens with one attached hydrogen (secondary N) is 1. The van der Waals surface area contributed by atoms with Gasteiger partial charge in [-0.2, -0.15) is 0 Å². The van der Waals surface area contributed by atoms with Crippen molar-refractivity contribution in [2.75, 3.05) is 0 Å². The quantitative estimate of drug-likeness (QED) is 0.910. The molecule has 0 amide bonds. The second-order valence-electron chi connectivity index (χ2n) is 6.39. The number of aryl methyl sites for hydroxylation is 2. The van der Waals surface area contributed by atoms with Crippen LogP contribution in [0.2, 0.25) is 0 Å². The lowest BCUT2D eigenvalue weighted by Gasteiger charge is -2.19. The van der Waals surface area contributed by atoms with Crippen LogP contribution in [-0.4, -0.2) is 10.5 Å². The Morgan fingerprint density at radius 2 is 1.95 bits per heavy atom. The molecule has 3 heteroatoms. The maximum Gasteiger partial charge on any atom is 0.0975 e. The summed E-state index contributed by atoms with van der Waals surface area (Å²) in [5.41, 5.74) is 3.96. The van der Waals surface area contributed by atoms with Gasteiger partial charge in [0.05, 0.1) is 10.7 Å². The smallest absolute Gasteiger partial charge is 0.0975 e. The lowest BCUT2D eigenvalue weighted by Crippen LogP contribution is -2.34. The monoisotopic (exact) mass is 288 g/mol. The van der Waals surface area contributed by atoms with Crippen LogP contribution in [-0.2, 0) is 13.0 Å². The molecule has 0 atom stereocenters. The van der Waals surface area contributed by atoms with Gasteiger partial charge >= 0.3 is 0 Å². The van der Waals surface area contributed by atoms with Gasteiger partial charge in [0.1, 0.15) is 0 Å². The molecule has 0 unspecified atom stereocenters. The highest BCUT2D eigenvalue weighted by Gasteiger charge is 2.12. The number of hydrogen-bond acceptors (Lipinski definition) is 3. The van der Waals surface area contributed by atoms with E-state index < -0.39 is 0 Å². The Bertz CT molecular complexity index is 579. The number of benzene rings is 1. The lowest BCUT2D eigenvalue weighted by atomic mass is 10.1. The third-order valence-corrected chi connectivity index (χ3v) is 4.31. The molecule has 0 bridgehead atoms. The molecule has 2 aromatic rings. The Hall–Kier alpha value is -1.19. The average Bonchev–Trinajstić information content (AvgIpc) is 2.66. The highest BCUT2D eigenvalue weighted by Crippen LogP contribution is 2.21. The van der Waals surface area contributed by atoms with Gasteiger partial charge in [-0.1, -0.05) is 29.8 Å². The molecular formula is C17H24N2S. The highest BCUT2D eigenvalue weighted by atomic mass is 32.1. The van der Waals surface area contributed by atoms with Crippen LogP contribution in [0.15, 0.2) is 24.3 Å². The van der Waals surface area contributed by atoms with E-state index in [1.807, 2.05) is 11.3 Å². The second-order valence-corrected chi connectivity index (χ2v) is 7.55. The van der Waals surface area contributed by atoms with Gasteiger partial charge in [0.25, 0.3) is 0 Å². The third-order valence-electron chi connectivity index (χ3n) is 3.15. The van der Waals surface area contributed by atoms with E-state index in [4.69, 9.17) is 4.98 Å². The predicted molar refractivity (Wildman–Crippen MR) is 87.4 cm³/mol. The first-order valence-corrected chi connectivity index (χ1v) is 7.91. The van der Waals surface area contributed by atoms with Gasteiger partial charge in [-0.3, -0.25) is 0 Å². The summed E-state index contributed by atoms with van der Waals surface area (Å²) >= 11 is 1.83. The van der Waals surface area contributed by atoms with Crippen LogP contribution in [0.1, 0.15) is 47.5 Å². The van der Waals surface area contributed by atoms with Crippen LogP contribution < -0.4 is 5.32 Å². The van der Waals surface area contributed by atoms with Gasteiger partial charge < -0.3 is 5.32 Å². The molecule has 20 heavy (non-hydrogen) atoms. The lowest BCUT2D eigenvalue weighted by molar-refractivity contribution is 0.425. The average molecular weight is 288 g/mol. The molecule has 108 valence electrons. The highest BCUT2D eigenvalue weighted by molar-refractivity contribution is 7.11. The van der Waals surface area contributed by atoms with Crippen LogP contribution in [0, 0.1) is 13.8 Å². The number of nitrogens with zero attached hydrogens (tertiary/aromatic N) is 1. The van der Waals surface area contributed by atoms with Gasteiger partial charge in [-0.15, -0.1) is 11.3 Å². The minimum atomic E-state index is 0.146. The first kappa shape index (κ1) is 15.2. The van der Waals surface area contributed by atoms with Crippen LogP contribution in [0.3, 0.4) is 0 Å². The van der Waals surface area contributed by atoms with Crippen LogP contribution >= 0.6 is 11.3 Å². The Morgan fingerprint density at radius 3 is 2.60 bits per heavy atom. The van der Waals surface area contributed by atoms with Crippen molar-refractivity contribution >= 4 is 11.3 Å². The largest absolute Gasteiger partial charge is 0.307 e. The summed E-state index contributed by atoms with van der Waals surface area (Å²) in [6.07, 6.45) is 0.933. The van der Waals surface area contributed by atoms with Gasteiger partial charge in [0.15, 0.2) is 0 Å². The summed E-state index contributed by atoms with van der Waals surface area (Å²) < 4.78 is 0. The fourth-order valence-corrected chi connectivity index (χ4v) is 3.11. The zero-order valence-corrected chi connectivity index (χ0v) is 13.9. The molecule has 0 saturated carbocycles. The first-order valence-electron chi connectivity index (χ1n) is 7.09. The maximum absolute atomic E-state index is 4.71. The molecule has 0 aliphatic rings. The molecule has 2 rings (SSSR count). The van der Waals surface area contributed by atoms with Crippen molar-refractivity contribution in [2.45, 2.75) is 53.1 Å². The number of rotatable bonds is 4. The zero-order chi connectivity index (χ0) is 14.8. The van der Waals surface area contributed by atoms with E-state index in [0.29, 0.717) is 0 Å². The van der Waals surface area contributed by atoms with Crippen molar-refractivity contribution in [3.05, 3.63) is 51.0 Å².